The molecule has 0 bridgehead atoms. The van der Waals surface area contributed by atoms with Crippen molar-refractivity contribution < 1.29 is 18.9 Å². The largest absolute Gasteiger partial charge is 0.490 e. The number of nitriles is 4. The van der Waals surface area contributed by atoms with Crippen LogP contribution in [0.1, 0.15) is 163 Å². The molecule has 0 fully saturated rings. The first-order valence-corrected chi connectivity index (χ1v) is 25.9. The smallest absolute Gasteiger partial charge is 0.130 e. The van der Waals surface area contributed by atoms with E-state index in [1.54, 1.807) is 12.2 Å². The molecule has 2 aromatic rings. The van der Waals surface area contributed by atoms with Crippen LogP contribution in [0.25, 0.3) is 12.2 Å². The molecule has 0 N–H and O–H groups in total. The molecule has 2 aromatic carbocycles. The lowest BCUT2D eigenvalue weighted by Gasteiger charge is -2.33. The SMILES string of the molecule is CCCCC(CC)CN(CC(CC)CCC)c1ccc(C=C(C#N)C#N)c(OCCOCCOCCOc2cc(N(CC(CC)CCCC)CC(CC)CCCC)ccc2C=C(C#N)C#N)c1. The third kappa shape index (κ3) is 22.6. The van der Waals surface area contributed by atoms with E-state index in [4.69, 9.17) is 18.9 Å². The second-order valence-electron chi connectivity index (χ2n) is 18.1. The van der Waals surface area contributed by atoms with E-state index in [0.29, 0.717) is 72.7 Å². The molecule has 10 heteroatoms. The minimum absolute atomic E-state index is 0.0220. The molecule has 4 atom stereocenters. The van der Waals surface area contributed by atoms with Crippen molar-refractivity contribution in [1.29, 1.82) is 21.0 Å². The molecule has 67 heavy (non-hydrogen) atoms. The van der Waals surface area contributed by atoms with Crippen molar-refractivity contribution in [2.45, 2.75) is 152 Å². The summed E-state index contributed by atoms with van der Waals surface area (Å²) >= 11 is 0. The van der Waals surface area contributed by atoms with E-state index in [0.717, 1.165) is 69.7 Å². The van der Waals surface area contributed by atoms with Gasteiger partial charge in [0.05, 0.1) is 26.4 Å². The molecule has 0 saturated heterocycles. The predicted molar refractivity (Wildman–Crippen MR) is 277 cm³/mol. The number of ether oxygens (including phenoxy) is 4. The van der Waals surface area contributed by atoms with Crippen LogP contribution in [0, 0.1) is 69.0 Å². The van der Waals surface area contributed by atoms with Crippen LogP contribution in [0.4, 0.5) is 11.4 Å². The fourth-order valence-corrected chi connectivity index (χ4v) is 8.56. The van der Waals surface area contributed by atoms with E-state index in [1.807, 2.05) is 36.4 Å². The molecule has 0 amide bonds. The van der Waals surface area contributed by atoms with Crippen LogP contribution >= 0.6 is 0 Å². The number of hydrogen-bond acceptors (Lipinski definition) is 10. The summed E-state index contributed by atoms with van der Waals surface area (Å²) in [6.07, 6.45) is 20.9. The predicted octanol–water partition coefficient (Wildman–Crippen LogP) is 14.1. The molecule has 2 rings (SSSR count). The van der Waals surface area contributed by atoms with Crippen molar-refractivity contribution in [2.75, 3.05) is 75.6 Å². The van der Waals surface area contributed by atoms with Gasteiger partial charge >= 0.3 is 0 Å². The monoisotopic (exact) mass is 919 g/mol. The summed E-state index contributed by atoms with van der Waals surface area (Å²) < 4.78 is 24.5. The molecule has 0 saturated carbocycles. The minimum atomic E-state index is 0.0220. The van der Waals surface area contributed by atoms with Crippen molar-refractivity contribution in [1.82, 2.24) is 0 Å². The van der Waals surface area contributed by atoms with E-state index in [-0.39, 0.29) is 24.4 Å². The third-order valence-electron chi connectivity index (χ3n) is 13.0. The van der Waals surface area contributed by atoms with E-state index in [2.05, 4.69) is 89.5 Å². The Morgan fingerprint density at radius 2 is 0.791 bits per heavy atom. The van der Waals surface area contributed by atoms with Gasteiger partial charge in [-0.3, -0.25) is 0 Å². The molecular weight excluding hydrogens is 833 g/mol. The van der Waals surface area contributed by atoms with Gasteiger partial charge in [-0.2, -0.15) is 21.0 Å². The Balaban J connectivity index is 2.16. The standard InChI is InChI=1S/C57H86N6O4/c1-9-17-21-47(14-6)43-62(42-46(13-5)20-12-4)54-26-24-52(34-50(38-58)39-59)56(36-54)66-32-30-64-28-29-65-31-33-67-57-37-55(27-25-53(57)35-51(40-60)41-61)63(44-48(15-7)22-18-10-2)45-49(16-8)23-19-11-3/h24-27,34-37,46-49H,9-23,28-33,42-45H2,1-8H3. The second-order valence-corrected chi connectivity index (χ2v) is 18.1. The lowest BCUT2D eigenvalue weighted by molar-refractivity contribution is 0.0273. The Kier molecular flexibility index (Phi) is 31.3. The van der Waals surface area contributed by atoms with Crippen LogP contribution in [0.2, 0.25) is 0 Å². The summed E-state index contributed by atoms with van der Waals surface area (Å²) in [6.45, 7) is 24.0. The van der Waals surface area contributed by atoms with Gasteiger partial charge in [-0.25, -0.2) is 0 Å². The highest BCUT2D eigenvalue weighted by Crippen LogP contribution is 2.33. The highest BCUT2D eigenvalue weighted by Gasteiger charge is 2.21. The summed E-state index contributed by atoms with van der Waals surface area (Å²) in [5.41, 5.74) is 3.60. The Morgan fingerprint density at radius 1 is 0.463 bits per heavy atom. The van der Waals surface area contributed by atoms with E-state index in [1.165, 1.54) is 64.2 Å². The molecule has 0 radical (unpaired) electrons. The summed E-state index contributed by atoms with van der Waals surface area (Å²) in [7, 11) is 0. The van der Waals surface area contributed by atoms with Crippen molar-refractivity contribution >= 4 is 23.5 Å². The molecule has 0 spiro atoms. The maximum atomic E-state index is 9.57. The summed E-state index contributed by atoms with van der Waals surface area (Å²) in [6, 6.07) is 20.2. The first kappa shape index (κ1) is 58.1. The topological polar surface area (TPSA) is 139 Å². The Labute approximate surface area is 407 Å². The minimum Gasteiger partial charge on any atom is -0.490 e. The van der Waals surface area contributed by atoms with Crippen LogP contribution in [-0.4, -0.2) is 65.8 Å². The highest BCUT2D eigenvalue weighted by molar-refractivity contribution is 5.70. The van der Waals surface area contributed by atoms with Gasteiger partial charge < -0.3 is 28.7 Å². The quantitative estimate of drug-likeness (QED) is 0.0472. The number of hydrogen-bond donors (Lipinski definition) is 0. The van der Waals surface area contributed by atoms with E-state index >= 15 is 0 Å². The van der Waals surface area contributed by atoms with E-state index in [9.17, 15) is 21.0 Å². The van der Waals surface area contributed by atoms with Gasteiger partial charge in [0.15, 0.2) is 0 Å². The summed E-state index contributed by atoms with van der Waals surface area (Å²) in [5, 5.41) is 38.2. The summed E-state index contributed by atoms with van der Waals surface area (Å²) in [4.78, 5) is 5.06. The Hall–Kier alpha value is -5.00. The number of unbranched alkanes of at least 4 members (excludes halogenated alkanes) is 3. The molecule has 0 aliphatic rings. The lowest BCUT2D eigenvalue weighted by Crippen LogP contribution is -2.34. The molecule has 0 heterocycles. The number of rotatable bonds is 38. The lowest BCUT2D eigenvalue weighted by atomic mass is 9.95. The fraction of sp³-hybridized carbons (Fsp3) is 0.649. The van der Waals surface area contributed by atoms with Gasteiger partial charge in [-0.05, 0) is 85.8 Å². The highest BCUT2D eigenvalue weighted by atomic mass is 16.6. The Bertz CT molecular complexity index is 1850. The molecule has 0 aromatic heterocycles. The number of anilines is 2. The summed E-state index contributed by atoms with van der Waals surface area (Å²) in [5.74, 6) is 3.61. The zero-order valence-corrected chi connectivity index (χ0v) is 42.9. The molecule has 0 aliphatic heterocycles. The van der Waals surface area contributed by atoms with Crippen LogP contribution in [0.5, 0.6) is 11.5 Å². The molecule has 4 unspecified atom stereocenters. The van der Waals surface area contributed by atoms with Crippen LogP contribution in [-0.2, 0) is 9.47 Å². The second kappa shape index (κ2) is 36.1. The van der Waals surface area contributed by atoms with Gasteiger partial charge in [-0.1, -0.05) is 126 Å². The Morgan fingerprint density at radius 3 is 1.09 bits per heavy atom. The first-order chi connectivity index (χ1) is 32.7. The van der Waals surface area contributed by atoms with Crippen LogP contribution in [0.3, 0.4) is 0 Å². The molecule has 10 nitrogen and oxygen atoms in total. The maximum Gasteiger partial charge on any atom is 0.130 e. The maximum absolute atomic E-state index is 9.57. The average molecular weight is 919 g/mol. The van der Waals surface area contributed by atoms with Gasteiger partial charge in [0.1, 0.15) is 60.1 Å². The third-order valence-corrected chi connectivity index (χ3v) is 13.0. The number of nitrogens with zero attached hydrogens (tertiary/aromatic N) is 6. The molecule has 368 valence electrons. The van der Waals surface area contributed by atoms with Gasteiger partial charge in [0, 0.05) is 60.8 Å². The fourth-order valence-electron chi connectivity index (χ4n) is 8.56. The van der Waals surface area contributed by atoms with Crippen molar-refractivity contribution in [3.8, 4) is 35.8 Å². The number of allylic oxidation sites excluding steroid dienone is 2. The molecular formula is C57H86N6O4. The van der Waals surface area contributed by atoms with Gasteiger partial charge in [0.2, 0.25) is 0 Å². The van der Waals surface area contributed by atoms with Gasteiger partial charge in [-0.15, -0.1) is 0 Å². The van der Waals surface area contributed by atoms with Crippen LogP contribution in [0.15, 0.2) is 47.5 Å². The van der Waals surface area contributed by atoms with E-state index < -0.39 is 0 Å². The van der Waals surface area contributed by atoms with Gasteiger partial charge in [0.25, 0.3) is 0 Å². The zero-order chi connectivity index (χ0) is 49.1. The van der Waals surface area contributed by atoms with Crippen molar-refractivity contribution in [3.63, 3.8) is 0 Å². The number of benzene rings is 2. The first-order valence-electron chi connectivity index (χ1n) is 25.9. The van der Waals surface area contributed by atoms with Crippen molar-refractivity contribution in [2.24, 2.45) is 23.7 Å². The molecule has 0 aliphatic carbocycles. The average Bonchev–Trinajstić information content (AvgIpc) is 3.35. The van der Waals surface area contributed by atoms with Crippen LogP contribution < -0.4 is 19.3 Å². The van der Waals surface area contributed by atoms with Crippen molar-refractivity contribution in [3.05, 3.63) is 58.7 Å². The normalized spacial score (nSPS) is 12.6. The zero-order valence-electron chi connectivity index (χ0n) is 42.9.